The number of urea groups is 1. The average molecular weight is 424 g/mol. The fraction of sp³-hybridized carbons (Fsp3) is 0.545. The standard InChI is InChI=1S/C22H29N7O2/c1-3-15-11-27-10-6-7-16(27)12-29(15)22(31)28-13-17-19(14(28)2)25-26-20(17)24-21(30)18-8-4-5-9-23-18/h4-5,8-9,14-16H,3,6-7,10-13H2,1-2H3,(H2,24,25,26,30)/t14?,15?,16-/m1/s1. The molecule has 0 aromatic carbocycles. The maximum absolute atomic E-state index is 13.6. The van der Waals surface area contributed by atoms with Gasteiger partial charge in [-0.3, -0.25) is 19.8 Å². The van der Waals surface area contributed by atoms with Gasteiger partial charge in [0.1, 0.15) is 5.69 Å². The van der Waals surface area contributed by atoms with Crippen molar-refractivity contribution < 1.29 is 9.59 Å². The number of carbonyl (C=O) groups is 2. The zero-order valence-corrected chi connectivity index (χ0v) is 18.0. The van der Waals surface area contributed by atoms with E-state index in [-0.39, 0.29) is 24.0 Å². The smallest absolute Gasteiger partial charge is 0.319 e. The molecule has 9 heteroatoms. The third-order valence-corrected chi connectivity index (χ3v) is 7.00. The summed E-state index contributed by atoms with van der Waals surface area (Å²) in [4.78, 5) is 36.7. The summed E-state index contributed by atoms with van der Waals surface area (Å²) in [7, 11) is 0. The zero-order chi connectivity index (χ0) is 21.5. The number of carbonyl (C=O) groups excluding carboxylic acids is 2. The molecule has 0 radical (unpaired) electrons. The van der Waals surface area contributed by atoms with Crippen LogP contribution in [0.2, 0.25) is 0 Å². The molecule has 2 saturated heterocycles. The number of pyridine rings is 1. The van der Waals surface area contributed by atoms with Gasteiger partial charge in [0.25, 0.3) is 5.91 Å². The fourth-order valence-corrected chi connectivity index (χ4v) is 5.19. The van der Waals surface area contributed by atoms with Crippen molar-refractivity contribution in [1.29, 1.82) is 0 Å². The van der Waals surface area contributed by atoms with Crippen LogP contribution >= 0.6 is 0 Å². The van der Waals surface area contributed by atoms with Gasteiger partial charge in [0.05, 0.1) is 18.3 Å². The summed E-state index contributed by atoms with van der Waals surface area (Å²) in [5.41, 5.74) is 2.09. The maximum Gasteiger partial charge on any atom is 0.321 e. The molecule has 2 aromatic heterocycles. The minimum Gasteiger partial charge on any atom is -0.319 e. The van der Waals surface area contributed by atoms with Gasteiger partial charge in [0, 0.05) is 36.9 Å². The van der Waals surface area contributed by atoms with E-state index in [2.05, 4.69) is 37.2 Å². The monoisotopic (exact) mass is 423 g/mol. The van der Waals surface area contributed by atoms with Gasteiger partial charge >= 0.3 is 6.03 Å². The molecule has 164 valence electrons. The van der Waals surface area contributed by atoms with Crippen LogP contribution in [0.1, 0.15) is 60.9 Å². The molecule has 2 N–H and O–H groups in total. The van der Waals surface area contributed by atoms with Crippen molar-refractivity contribution in [1.82, 2.24) is 29.9 Å². The highest BCUT2D eigenvalue weighted by molar-refractivity contribution is 6.02. The molecule has 31 heavy (non-hydrogen) atoms. The van der Waals surface area contributed by atoms with Crippen LogP contribution in [0.25, 0.3) is 0 Å². The molecule has 0 bridgehead atoms. The van der Waals surface area contributed by atoms with E-state index in [0.29, 0.717) is 24.1 Å². The number of anilines is 1. The molecule has 5 rings (SSSR count). The van der Waals surface area contributed by atoms with Gasteiger partial charge in [-0.2, -0.15) is 5.10 Å². The number of amides is 3. The first-order valence-electron chi connectivity index (χ1n) is 11.2. The van der Waals surface area contributed by atoms with Gasteiger partial charge in [-0.1, -0.05) is 13.0 Å². The number of piperazine rings is 1. The molecule has 0 aliphatic carbocycles. The normalized spacial score (nSPS) is 25.4. The number of aromatic amines is 1. The Hall–Kier alpha value is -2.94. The van der Waals surface area contributed by atoms with Gasteiger partial charge < -0.3 is 15.1 Å². The Balaban J connectivity index is 1.32. The highest BCUT2D eigenvalue weighted by Crippen LogP contribution is 2.37. The number of aromatic nitrogens is 3. The molecular formula is C22H29N7O2. The maximum atomic E-state index is 13.6. The molecule has 2 unspecified atom stereocenters. The van der Waals surface area contributed by atoms with E-state index >= 15 is 0 Å². The summed E-state index contributed by atoms with van der Waals surface area (Å²) in [6, 6.07) is 5.89. The Kier molecular flexibility index (Phi) is 5.13. The molecule has 9 nitrogen and oxygen atoms in total. The molecular weight excluding hydrogens is 394 g/mol. The lowest BCUT2D eigenvalue weighted by Gasteiger charge is -2.45. The van der Waals surface area contributed by atoms with Gasteiger partial charge in [-0.05, 0) is 44.9 Å². The number of H-pyrrole nitrogens is 1. The van der Waals surface area contributed by atoms with E-state index in [1.54, 1.807) is 24.4 Å². The van der Waals surface area contributed by atoms with Crippen LogP contribution in [-0.2, 0) is 6.54 Å². The predicted molar refractivity (Wildman–Crippen MR) is 116 cm³/mol. The predicted octanol–water partition coefficient (Wildman–Crippen LogP) is 2.61. The summed E-state index contributed by atoms with van der Waals surface area (Å²) in [5.74, 6) is 0.163. The van der Waals surface area contributed by atoms with Crippen LogP contribution in [0.5, 0.6) is 0 Å². The van der Waals surface area contributed by atoms with E-state index in [1.165, 1.54) is 12.8 Å². The van der Waals surface area contributed by atoms with Gasteiger partial charge in [-0.15, -0.1) is 0 Å². The molecule has 3 atom stereocenters. The van der Waals surface area contributed by atoms with Crippen LogP contribution in [0.15, 0.2) is 24.4 Å². The van der Waals surface area contributed by atoms with Gasteiger partial charge in [0.2, 0.25) is 0 Å². The molecule has 0 saturated carbocycles. The zero-order valence-electron chi connectivity index (χ0n) is 18.0. The second-order valence-corrected chi connectivity index (χ2v) is 8.73. The summed E-state index contributed by atoms with van der Waals surface area (Å²) in [5, 5.41) is 10.2. The number of rotatable bonds is 3. The van der Waals surface area contributed by atoms with Crippen molar-refractivity contribution in [3.05, 3.63) is 41.3 Å². The molecule has 3 aliphatic rings. The third-order valence-electron chi connectivity index (χ3n) is 7.00. The molecule has 3 aliphatic heterocycles. The number of nitrogens with zero attached hydrogens (tertiary/aromatic N) is 5. The number of hydrogen-bond donors (Lipinski definition) is 2. The minimum absolute atomic E-state index is 0.0810. The quantitative estimate of drug-likeness (QED) is 0.791. The van der Waals surface area contributed by atoms with Crippen molar-refractivity contribution in [2.24, 2.45) is 0 Å². The summed E-state index contributed by atoms with van der Waals surface area (Å²) in [6.07, 6.45) is 4.93. The third kappa shape index (κ3) is 3.46. The first-order chi connectivity index (χ1) is 15.1. The largest absolute Gasteiger partial charge is 0.321 e. The summed E-state index contributed by atoms with van der Waals surface area (Å²) >= 11 is 0. The number of hydrogen-bond acceptors (Lipinski definition) is 5. The van der Waals surface area contributed by atoms with Gasteiger partial charge in [0.15, 0.2) is 5.82 Å². The highest BCUT2D eigenvalue weighted by atomic mass is 16.2. The lowest BCUT2D eigenvalue weighted by Crippen LogP contribution is -2.59. The number of nitrogens with one attached hydrogen (secondary N) is 2. The van der Waals surface area contributed by atoms with E-state index in [1.807, 2.05) is 11.8 Å². The van der Waals surface area contributed by atoms with Crippen molar-refractivity contribution >= 4 is 17.8 Å². The molecule has 2 aromatic rings. The second-order valence-electron chi connectivity index (χ2n) is 8.73. The lowest BCUT2D eigenvalue weighted by molar-refractivity contribution is 0.0503. The van der Waals surface area contributed by atoms with Gasteiger partial charge in [-0.25, -0.2) is 4.79 Å². The van der Waals surface area contributed by atoms with Crippen LogP contribution < -0.4 is 5.32 Å². The minimum atomic E-state index is -0.310. The van der Waals surface area contributed by atoms with Crippen molar-refractivity contribution in [3.63, 3.8) is 0 Å². The Morgan fingerprint density at radius 3 is 2.90 bits per heavy atom. The van der Waals surface area contributed by atoms with E-state index < -0.39 is 0 Å². The molecule has 5 heterocycles. The van der Waals surface area contributed by atoms with Crippen LogP contribution in [-0.4, -0.2) is 73.5 Å². The summed E-state index contributed by atoms with van der Waals surface area (Å²) in [6.45, 7) is 7.53. The van der Waals surface area contributed by atoms with E-state index in [0.717, 1.165) is 37.3 Å². The molecule has 2 fully saturated rings. The second kappa shape index (κ2) is 7.96. The first kappa shape index (κ1) is 20.0. The Bertz CT molecular complexity index is 975. The lowest BCUT2D eigenvalue weighted by atomic mass is 10.1. The average Bonchev–Trinajstić information content (AvgIpc) is 3.50. The van der Waals surface area contributed by atoms with Crippen molar-refractivity contribution in [2.75, 3.05) is 25.0 Å². The van der Waals surface area contributed by atoms with Crippen molar-refractivity contribution in [3.8, 4) is 0 Å². The molecule has 3 amide bonds. The SMILES string of the molecule is CCC1CN2CCC[C@@H]2CN1C(=O)N1Cc2c(NC(=O)c3ccccn3)n[nH]c2C1C. The van der Waals surface area contributed by atoms with Crippen LogP contribution in [0, 0.1) is 0 Å². The van der Waals surface area contributed by atoms with Crippen LogP contribution in [0.3, 0.4) is 0 Å². The Morgan fingerprint density at radius 1 is 1.26 bits per heavy atom. The number of fused-ring (bicyclic) bond motifs is 2. The van der Waals surface area contributed by atoms with Crippen LogP contribution in [0.4, 0.5) is 10.6 Å². The Morgan fingerprint density at radius 2 is 2.13 bits per heavy atom. The van der Waals surface area contributed by atoms with E-state index in [4.69, 9.17) is 0 Å². The summed E-state index contributed by atoms with van der Waals surface area (Å²) < 4.78 is 0. The van der Waals surface area contributed by atoms with E-state index in [9.17, 15) is 9.59 Å². The Labute approximate surface area is 181 Å². The fourth-order valence-electron chi connectivity index (χ4n) is 5.19. The highest BCUT2D eigenvalue weighted by Gasteiger charge is 2.42. The van der Waals surface area contributed by atoms with Crippen molar-refractivity contribution in [2.45, 2.75) is 57.8 Å². The topological polar surface area (TPSA) is 97.5 Å². The molecule has 0 spiro atoms. The first-order valence-corrected chi connectivity index (χ1v) is 11.2.